The Hall–Kier alpha value is -4.11. The van der Waals surface area contributed by atoms with E-state index in [-0.39, 0.29) is 37.9 Å². The Balaban J connectivity index is 5.36. The molecule has 0 radical (unpaired) electrons. The maximum Gasteiger partial charge on any atom is 0.472 e. The number of phosphoric ester groups is 1. The SMILES string of the molecule is CC/C=C\C/C=C\C/C=C\C/C=C\C/C=C\C/C=C\CCCCCCC(=O)NC(COP(=O)(O)OCC[N+](C)(C)C)C(/C=C\CCCCCCCCCCCC)OC(=O)CCCCC/C=C\C/C=C\C/C=C\C/C=C\C/C=C\CC. The number of ether oxygens (including phenoxy) is 1. The van der Waals surface area contributed by atoms with Gasteiger partial charge in [-0.1, -0.05) is 238 Å². The minimum absolute atomic E-state index is 0.0205. The lowest BCUT2D eigenvalue weighted by molar-refractivity contribution is -0.870. The first-order chi connectivity index (χ1) is 38.9. The molecule has 1 amide bonds. The molecule has 0 fully saturated rings. The highest BCUT2D eigenvalue weighted by Crippen LogP contribution is 2.43. The van der Waals surface area contributed by atoms with Gasteiger partial charge in [-0.25, -0.2) is 4.57 Å². The molecule has 9 nitrogen and oxygen atoms in total. The van der Waals surface area contributed by atoms with Crippen molar-refractivity contribution in [3.63, 3.8) is 0 Å². The van der Waals surface area contributed by atoms with E-state index in [4.69, 9.17) is 13.8 Å². The van der Waals surface area contributed by atoms with Gasteiger partial charge < -0.3 is 19.4 Å². The van der Waals surface area contributed by atoms with Gasteiger partial charge in [0.1, 0.15) is 19.3 Å². The van der Waals surface area contributed by atoms with Gasteiger partial charge in [0, 0.05) is 12.8 Å². The fraction of sp³-hybridized carbons (Fsp3) is 0.629. The van der Waals surface area contributed by atoms with Crippen molar-refractivity contribution in [3.05, 3.63) is 146 Å². The average Bonchev–Trinajstić information content (AvgIpc) is 3.42. The number of carbonyl (C=O) groups excluding carboxylic acids is 2. The van der Waals surface area contributed by atoms with Crippen molar-refractivity contribution in [1.82, 2.24) is 5.32 Å². The van der Waals surface area contributed by atoms with Crippen LogP contribution in [0.1, 0.15) is 233 Å². The Labute approximate surface area is 491 Å². The predicted molar refractivity (Wildman–Crippen MR) is 346 cm³/mol. The molecule has 0 bridgehead atoms. The molecule has 80 heavy (non-hydrogen) atoms. The van der Waals surface area contributed by atoms with Crippen LogP contribution >= 0.6 is 7.82 Å². The lowest BCUT2D eigenvalue weighted by atomic mass is 10.1. The van der Waals surface area contributed by atoms with Crippen molar-refractivity contribution in [3.8, 4) is 0 Å². The molecule has 0 aromatic rings. The van der Waals surface area contributed by atoms with Gasteiger partial charge in [-0.3, -0.25) is 18.6 Å². The zero-order valence-electron chi connectivity index (χ0n) is 51.8. The molecule has 454 valence electrons. The van der Waals surface area contributed by atoms with Crippen molar-refractivity contribution >= 4 is 19.7 Å². The van der Waals surface area contributed by atoms with Crippen molar-refractivity contribution in [2.24, 2.45) is 0 Å². The summed E-state index contributed by atoms with van der Waals surface area (Å²) in [5, 5.41) is 3.03. The molecule has 2 N–H and O–H groups in total. The monoisotopic (exact) mass is 1130 g/mol. The summed E-state index contributed by atoms with van der Waals surface area (Å²) in [5.41, 5.74) is 0. The molecule has 0 saturated heterocycles. The number of hydrogen-bond donors (Lipinski definition) is 2. The number of quaternary nitrogens is 1. The number of allylic oxidation sites excluding steroid dienone is 23. The third-order valence-electron chi connectivity index (χ3n) is 13.0. The van der Waals surface area contributed by atoms with Crippen molar-refractivity contribution in [2.75, 3.05) is 40.9 Å². The summed E-state index contributed by atoms with van der Waals surface area (Å²) in [4.78, 5) is 37.7. The summed E-state index contributed by atoms with van der Waals surface area (Å²) in [6.45, 7) is 6.72. The fourth-order valence-electron chi connectivity index (χ4n) is 8.20. The first-order valence-corrected chi connectivity index (χ1v) is 33.2. The van der Waals surface area contributed by atoms with Crippen LogP contribution in [0.3, 0.4) is 0 Å². The van der Waals surface area contributed by atoms with Crippen LogP contribution < -0.4 is 5.32 Å². The molecule has 0 aliphatic heterocycles. The van der Waals surface area contributed by atoms with E-state index in [1.807, 2.05) is 33.3 Å². The molecule has 0 aliphatic rings. The second-order valence-corrected chi connectivity index (χ2v) is 23.3. The Kier molecular flexibility index (Phi) is 55.1. The summed E-state index contributed by atoms with van der Waals surface area (Å²) in [5.74, 6) is -0.584. The molecule has 0 aliphatic carbocycles. The number of phosphoric acid groups is 1. The van der Waals surface area contributed by atoms with Gasteiger partial charge in [0.25, 0.3) is 0 Å². The molecular weight excluding hydrogens is 1010 g/mol. The Morgan fingerprint density at radius 3 is 1.21 bits per heavy atom. The molecule has 0 heterocycles. The van der Waals surface area contributed by atoms with E-state index in [2.05, 4.69) is 160 Å². The van der Waals surface area contributed by atoms with Crippen LogP contribution in [0.2, 0.25) is 0 Å². The highest BCUT2D eigenvalue weighted by molar-refractivity contribution is 7.47. The van der Waals surface area contributed by atoms with Crippen molar-refractivity contribution in [2.45, 2.75) is 245 Å². The molecule has 0 rings (SSSR count). The number of likely N-dealkylation sites (N-methyl/N-ethyl adjacent to an activating group) is 1. The number of esters is 1. The van der Waals surface area contributed by atoms with Crippen LogP contribution in [0.5, 0.6) is 0 Å². The van der Waals surface area contributed by atoms with Crippen LogP contribution in [0.4, 0.5) is 0 Å². The highest BCUT2D eigenvalue weighted by Gasteiger charge is 2.30. The molecule has 0 aromatic heterocycles. The normalized spacial score (nSPS) is 14.6. The van der Waals surface area contributed by atoms with Crippen LogP contribution in [0.15, 0.2) is 146 Å². The quantitative estimate of drug-likeness (QED) is 0.0205. The first-order valence-electron chi connectivity index (χ1n) is 31.7. The van der Waals surface area contributed by atoms with Crippen molar-refractivity contribution in [1.29, 1.82) is 0 Å². The fourth-order valence-corrected chi connectivity index (χ4v) is 8.94. The van der Waals surface area contributed by atoms with Gasteiger partial charge in [0.2, 0.25) is 5.91 Å². The van der Waals surface area contributed by atoms with Crippen LogP contribution in [0, 0.1) is 0 Å². The van der Waals surface area contributed by atoms with E-state index in [1.54, 1.807) is 0 Å². The molecule has 0 spiro atoms. The Bertz CT molecular complexity index is 1880. The molecular formula is C70H118N2O7P+. The Morgan fingerprint density at radius 1 is 0.450 bits per heavy atom. The minimum atomic E-state index is -4.48. The topological polar surface area (TPSA) is 111 Å². The maximum atomic E-state index is 13.6. The summed E-state index contributed by atoms with van der Waals surface area (Å²) in [6, 6.07) is -0.888. The number of nitrogens with zero attached hydrogens (tertiary/aromatic N) is 1. The van der Waals surface area contributed by atoms with Gasteiger partial charge in [-0.05, 0) is 128 Å². The van der Waals surface area contributed by atoms with E-state index in [0.29, 0.717) is 23.9 Å². The van der Waals surface area contributed by atoms with Crippen LogP contribution in [-0.2, 0) is 27.9 Å². The van der Waals surface area contributed by atoms with E-state index < -0.39 is 20.0 Å². The smallest absolute Gasteiger partial charge is 0.456 e. The number of unbranched alkanes of at least 4 members (excludes halogenated alkanes) is 17. The van der Waals surface area contributed by atoms with Gasteiger partial charge in [-0.2, -0.15) is 0 Å². The average molecular weight is 1130 g/mol. The lowest BCUT2D eigenvalue weighted by Gasteiger charge is -2.27. The van der Waals surface area contributed by atoms with Crippen LogP contribution in [0.25, 0.3) is 0 Å². The van der Waals surface area contributed by atoms with Crippen molar-refractivity contribution < 1.29 is 37.3 Å². The first kappa shape index (κ1) is 75.9. The molecule has 0 aromatic carbocycles. The minimum Gasteiger partial charge on any atom is -0.456 e. The number of rotatable bonds is 55. The standard InChI is InChI=1S/C70H117N2O7P/c1-7-10-13-16-19-22-25-28-30-32-34-35-36-37-39-40-42-44-47-50-53-56-59-62-69(73)71-67(66-78-80(75,76)77-65-64-72(4,5)6)68(61-58-55-52-49-46-27-24-21-18-15-12-9-3)79-70(74)63-60-57-54-51-48-45-43-41-38-33-31-29-26-23-20-17-14-11-8-2/h10-11,13-14,19-20,22-23,28-31,34-35,37-39,41-42,44-45,48,58,61,67-68H,7-9,12,15-18,21,24-27,32-33,36,40,43,46-47,49-57,59-60,62-66H2,1-6H3,(H-,71,73,75,76)/p+1/b13-10-,14-11-,22-19-,23-20-,30-28-,31-29-,35-34-,39-37-,41-38-,44-42-,48-45-,61-58-. The van der Waals surface area contributed by atoms with E-state index >= 15 is 0 Å². The summed E-state index contributed by atoms with van der Waals surface area (Å²) in [7, 11) is 1.43. The number of nitrogens with one attached hydrogen (secondary N) is 1. The summed E-state index contributed by atoms with van der Waals surface area (Å²) >= 11 is 0. The largest absolute Gasteiger partial charge is 0.472 e. The van der Waals surface area contributed by atoms with Gasteiger partial charge in [-0.15, -0.1) is 0 Å². The van der Waals surface area contributed by atoms with E-state index in [0.717, 1.165) is 135 Å². The van der Waals surface area contributed by atoms with Gasteiger partial charge in [0.15, 0.2) is 0 Å². The lowest BCUT2D eigenvalue weighted by Crippen LogP contribution is -2.47. The van der Waals surface area contributed by atoms with Gasteiger partial charge in [0.05, 0.1) is 33.8 Å². The second-order valence-electron chi connectivity index (χ2n) is 21.8. The highest BCUT2D eigenvalue weighted by atomic mass is 31.2. The Morgan fingerprint density at radius 2 is 0.800 bits per heavy atom. The van der Waals surface area contributed by atoms with E-state index in [1.165, 1.54) is 51.4 Å². The van der Waals surface area contributed by atoms with Crippen LogP contribution in [-0.4, -0.2) is 74.3 Å². The maximum absolute atomic E-state index is 13.6. The second kappa shape index (κ2) is 58.1. The summed E-state index contributed by atoms with van der Waals surface area (Å²) < 4.78 is 30.7. The third-order valence-corrected chi connectivity index (χ3v) is 14.0. The molecule has 10 heteroatoms. The molecule has 3 unspecified atom stereocenters. The number of amides is 1. The van der Waals surface area contributed by atoms with Gasteiger partial charge >= 0.3 is 13.8 Å². The predicted octanol–water partition coefficient (Wildman–Crippen LogP) is 19.8. The number of carbonyl (C=O) groups is 2. The molecule has 3 atom stereocenters. The zero-order chi connectivity index (χ0) is 58.6. The zero-order valence-corrected chi connectivity index (χ0v) is 52.7. The number of hydrogen-bond acceptors (Lipinski definition) is 6. The molecule has 0 saturated carbocycles. The third kappa shape index (κ3) is 58.5. The summed E-state index contributed by atoms with van der Waals surface area (Å²) in [6.07, 6.45) is 84.2. The van der Waals surface area contributed by atoms with E-state index in [9.17, 15) is 19.0 Å².